The Hall–Kier alpha value is -1.76. The highest BCUT2D eigenvalue weighted by atomic mass is 35.5. The number of aryl methyl sites for hydroxylation is 2. The number of halogens is 1. The highest BCUT2D eigenvalue weighted by molar-refractivity contribution is 7.92. The lowest BCUT2D eigenvalue weighted by molar-refractivity contribution is 0.123. The Morgan fingerprint density at radius 2 is 1.80 bits per heavy atom. The van der Waals surface area contributed by atoms with Gasteiger partial charge >= 0.3 is 0 Å². The summed E-state index contributed by atoms with van der Waals surface area (Å²) in [4.78, 5) is 2.29. The molecule has 2 aromatic carbocycles. The van der Waals surface area contributed by atoms with E-state index in [0.717, 1.165) is 11.1 Å². The van der Waals surface area contributed by atoms with Crippen molar-refractivity contribution in [2.24, 2.45) is 0 Å². The summed E-state index contributed by atoms with van der Waals surface area (Å²) in [6.07, 6.45) is 0. The van der Waals surface area contributed by atoms with Crippen molar-refractivity contribution >= 4 is 33.0 Å². The number of nitrogens with zero attached hydrogens (tertiary/aromatic N) is 1. The van der Waals surface area contributed by atoms with Gasteiger partial charge in [0.1, 0.15) is 0 Å². The van der Waals surface area contributed by atoms with Gasteiger partial charge in [0, 0.05) is 13.1 Å². The number of ether oxygens (including phenoxy) is 1. The number of nitrogens with one attached hydrogen (secondary N) is 1. The summed E-state index contributed by atoms with van der Waals surface area (Å²) in [5.41, 5.74) is 3.16. The lowest BCUT2D eigenvalue weighted by Gasteiger charge is -2.31. The summed E-state index contributed by atoms with van der Waals surface area (Å²) in [6, 6.07) is 10.3. The van der Waals surface area contributed by atoms with E-state index in [0.29, 0.717) is 42.7 Å². The number of rotatable bonds is 4. The van der Waals surface area contributed by atoms with E-state index in [2.05, 4.69) is 4.72 Å². The number of anilines is 2. The quantitative estimate of drug-likeness (QED) is 0.880. The van der Waals surface area contributed by atoms with E-state index in [9.17, 15) is 8.42 Å². The van der Waals surface area contributed by atoms with Crippen molar-refractivity contribution in [2.75, 3.05) is 35.9 Å². The maximum atomic E-state index is 12.8. The molecule has 3 rings (SSSR count). The molecule has 0 aromatic heterocycles. The van der Waals surface area contributed by atoms with Gasteiger partial charge in [0.05, 0.1) is 34.5 Å². The van der Waals surface area contributed by atoms with Crippen LogP contribution in [0.5, 0.6) is 0 Å². The van der Waals surface area contributed by atoms with Crippen molar-refractivity contribution in [2.45, 2.75) is 18.7 Å². The molecule has 2 aromatic rings. The minimum absolute atomic E-state index is 0.239. The second-order valence-electron chi connectivity index (χ2n) is 6.09. The monoisotopic (exact) mass is 380 g/mol. The van der Waals surface area contributed by atoms with Crippen molar-refractivity contribution in [3.8, 4) is 0 Å². The van der Waals surface area contributed by atoms with E-state index in [1.807, 2.05) is 24.8 Å². The van der Waals surface area contributed by atoms with Gasteiger partial charge < -0.3 is 9.64 Å². The minimum Gasteiger partial charge on any atom is -0.378 e. The molecule has 1 saturated heterocycles. The Morgan fingerprint density at radius 3 is 2.48 bits per heavy atom. The smallest absolute Gasteiger partial charge is 0.261 e. The topological polar surface area (TPSA) is 58.6 Å². The van der Waals surface area contributed by atoms with Gasteiger partial charge in [-0.2, -0.15) is 0 Å². The zero-order valence-electron chi connectivity index (χ0n) is 14.3. The first kappa shape index (κ1) is 18.0. The molecular formula is C18H21ClN2O3S. The average Bonchev–Trinajstić information content (AvgIpc) is 2.58. The second-order valence-corrected chi connectivity index (χ2v) is 8.18. The van der Waals surface area contributed by atoms with Crippen LogP contribution < -0.4 is 9.62 Å². The molecule has 5 nitrogen and oxygen atoms in total. The minimum atomic E-state index is -3.70. The normalized spacial score (nSPS) is 15.2. The van der Waals surface area contributed by atoms with Crippen LogP contribution in [0, 0.1) is 13.8 Å². The zero-order valence-corrected chi connectivity index (χ0v) is 15.8. The summed E-state index contributed by atoms with van der Waals surface area (Å²) in [6.45, 7) is 6.37. The first-order valence-corrected chi connectivity index (χ1v) is 9.96. The van der Waals surface area contributed by atoms with Crippen LogP contribution in [0.3, 0.4) is 0 Å². The molecule has 7 heteroatoms. The van der Waals surface area contributed by atoms with Crippen molar-refractivity contribution in [1.82, 2.24) is 0 Å². The van der Waals surface area contributed by atoms with Gasteiger partial charge in [-0.05, 0) is 49.2 Å². The molecule has 0 bridgehead atoms. The first-order chi connectivity index (χ1) is 11.9. The molecule has 1 aliphatic heterocycles. The molecular weight excluding hydrogens is 360 g/mol. The highest BCUT2D eigenvalue weighted by Crippen LogP contribution is 2.35. The Bertz CT molecular complexity index is 878. The predicted octanol–water partition coefficient (Wildman–Crippen LogP) is 3.59. The second kappa shape index (κ2) is 7.23. The number of sulfonamides is 1. The van der Waals surface area contributed by atoms with Crippen LogP contribution in [0.4, 0.5) is 11.4 Å². The number of hydrogen-bond donors (Lipinski definition) is 1. The lowest BCUT2D eigenvalue weighted by atomic mass is 10.1. The summed E-state index contributed by atoms with van der Waals surface area (Å²) in [5.74, 6) is 0. The fourth-order valence-electron chi connectivity index (χ4n) is 2.79. The zero-order chi connectivity index (χ0) is 18.0. The number of hydrogen-bond acceptors (Lipinski definition) is 4. The van der Waals surface area contributed by atoms with Gasteiger partial charge in [0.25, 0.3) is 10.0 Å². The third-order valence-electron chi connectivity index (χ3n) is 4.35. The van der Waals surface area contributed by atoms with E-state index in [4.69, 9.17) is 16.3 Å². The average molecular weight is 381 g/mol. The van der Waals surface area contributed by atoms with Crippen molar-refractivity contribution in [1.29, 1.82) is 0 Å². The molecule has 0 atom stereocenters. The van der Waals surface area contributed by atoms with E-state index >= 15 is 0 Å². The third kappa shape index (κ3) is 3.92. The van der Waals surface area contributed by atoms with Crippen LogP contribution in [0.15, 0.2) is 41.3 Å². The maximum Gasteiger partial charge on any atom is 0.261 e. The molecule has 0 amide bonds. The van der Waals surface area contributed by atoms with Crippen LogP contribution in [0.2, 0.25) is 5.02 Å². The van der Waals surface area contributed by atoms with Gasteiger partial charge in [-0.1, -0.05) is 23.7 Å². The van der Waals surface area contributed by atoms with E-state index in [1.165, 1.54) is 0 Å². The van der Waals surface area contributed by atoms with Gasteiger partial charge in [-0.3, -0.25) is 4.72 Å². The molecule has 0 radical (unpaired) electrons. The Balaban J connectivity index is 1.96. The van der Waals surface area contributed by atoms with Gasteiger partial charge in [-0.25, -0.2) is 8.42 Å². The Labute approximate surface area is 153 Å². The van der Waals surface area contributed by atoms with Crippen LogP contribution in [-0.4, -0.2) is 34.7 Å². The molecule has 134 valence electrons. The largest absolute Gasteiger partial charge is 0.378 e. The van der Waals surface area contributed by atoms with Crippen molar-refractivity contribution < 1.29 is 13.2 Å². The first-order valence-electron chi connectivity index (χ1n) is 8.10. The number of para-hydroxylation sites is 1. The molecule has 0 spiro atoms. The van der Waals surface area contributed by atoms with Gasteiger partial charge in [0.15, 0.2) is 0 Å². The molecule has 1 N–H and O–H groups in total. The van der Waals surface area contributed by atoms with Gasteiger partial charge in [0.2, 0.25) is 0 Å². The van der Waals surface area contributed by atoms with Crippen LogP contribution in [-0.2, 0) is 14.8 Å². The van der Waals surface area contributed by atoms with Crippen molar-refractivity contribution in [3.63, 3.8) is 0 Å². The van der Waals surface area contributed by atoms with Crippen molar-refractivity contribution in [3.05, 3.63) is 52.5 Å². The molecule has 1 heterocycles. The maximum absolute atomic E-state index is 12.8. The van der Waals surface area contributed by atoms with E-state index < -0.39 is 10.0 Å². The fourth-order valence-corrected chi connectivity index (χ4v) is 4.24. The van der Waals surface area contributed by atoms with E-state index in [1.54, 1.807) is 30.3 Å². The molecule has 1 aliphatic rings. The predicted molar refractivity (Wildman–Crippen MR) is 101 cm³/mol. The molecule has 0 saturated carbocycles. The molecule has 25 heavy (non-hydrogen) atoms. The summed E-state index contributed by atoms with van der Waals surface area (Å²) in [5, 5.41) is 0.516. The molecule has 0 aliphatic carbocycles. The van der Waals surface area contributed by atoms with Gasteiger partial charge in [-0.15, -0.1) is 0 Å². The van der Waals surface area contributed by atoms with Crippen LogP contribution >= 0.6 is 11.6 Å². The highest BCUT2D eigenvalue weighted by Gasteiger charge is 2.22. The van der Waals surface area contributed by atoms with Crippen LogP contribution in [0.1, 0.15) is 11.1 Å². The third-order valence-corrected chi connectivity index (χ3v) is 6.02. The number of morpholine rings is 1. The summed E-state index contributed by atoms with van der Waals surface area (Å²) >= 11 is 6.37. The lowest BCUT2D eigenvalue weighted by Crippen LogP contribution is -2.37. The molecule has 1 fully saturated rings. The standard InChI is InChI=1S/C18H21ClN2O3S/c1-13-6-7-15(12-14(13)2)25(22,23)20-17-5-3-4-16(19)18(17)21-8-10-24-11-9-21/h3-7,12,20H,8-11H2,1-2H3. The SMILES string of the molecule is Cc1ccc(S(=O)(=O)Nc2cccc(Cl)c2N2CCOCC2)cc1C. The summed E-state index contributed by atoms with van der Waals surface area (Å²) in [7, 11) is -3.70. The van der Waals surface area contributed by atoms with E-state index in [-0.39, 0.29) is 4.90 Å². The van der Waals surface area contributed by atoms with Crippen LogP contribution in [0.25, 0.3) is 0 Å². The Morgan fingerprint density at radius 1 is 1.08 bits per heavy atom. The molecule has 0 unspecified atom stereocenters. The summed E-state index contributed by atoms with van der Waals surface area (Å²) < 4.78 is 33.7. The number of benzene rings is 2. The fraction of sp³-hybridized carbons (Fsp3) is 0.333. The Kier molecular flexibility index (Phi) is 5.22.